The number of nitrogens with zero attached hydrogens (tertiary/aromatic N) is 1. The monoisotopic (exact) mass is 469 g/mol. The van der Waals surface area contributed by atoms with Crippen molar-refractivity contribution in [1.29, 1.82) is 0 Å². The van der Waals surface area contributed by atoms with E-state index in [2.05, 4.69) is 17.2 Å². The number of ether oxygens (including phenoxy) is 1. The van der Waals surface area contributed by atoms with Crippen molar-refractivity contribution in [3.63, 3.8) is 0 Å². The molecule has 0 saturated carbocycles. The molecule has 1 aliphatic carbocycles. The van der Waals surface area contributed by atoms with Crippen LogP contribution in [0.5, 0.6) is 0 Å². The summed E-state index contributed by atoms with van der Waals surface area (Å²) in [5.41, 5.74) is 4.30. The molecule has 3 aromatic rings. The van der Waals surface area contributed by atoms with Gasteiger partial charge in [0.15, 0.2) is 6.61 Å². The van der Waals surface area contributed by atoms with Crippen LogP contribution >= 0.6 is 0 Å². The van der Waals surface area contributed by atoms with Gasteiger partial charge in [0.25, 0.3) is 5.91 Å². The summed E-state index contributed by atoms with van der Waals surface area (Å²) in [6.45, 7) is 1.78. The van der Waals surface area contributed by atoms with Gasteiger partial charge in [-0.15, -0.1) is 0 Å². The molecule has 8 nitrogen and oxygen atoms in total. The Bertz CT molecular complexity index is 1310. The van der Waals surface area contributed by atoms with Gasteiger partial charge in [-0.05, 0) is 73.2 Å². The summed E-state index contributed by atoms with van der Waals surface area (Å²) < 4.78 is 30.5. The van der Waals surface area contributed by atoms with Crippen LogP contribution in [0.3, 0.4) is 0 Å². The van der Waals surface area contributed by atoms with Gasteiger partial charge in [0.1, 0.15) is 0 Å². The van der Waals surface area contributed by atoms with Gasteiger partial charge in [-0.2, -0.15) is 0 Å². The fraction of sp³-hybridized carbons (Fsp3) is 0.333. The average Bonchev–Trinajstić information content (AvgIpc) is 3.14. The predicted octanol–water partition coefficient (Wildman–Crippen LogP) is 3.34. The minimum absolute atomic E-state index is 0.119. The van der Waals surface area contributed by atoms with Crippen molar-refractivity contribution in [2.24, 2.45) is 5.92 Å². The molecule has 1 aliphatic rings. The highest BCUT2D eigenvalue weighted by molar-refractivity contribution is 7.89. The fourth-order valence-electron chi connectivity index (χ4n) is 4.05. The van der Waals surface area contributed by atoms with Crippen LogP contribution < -0.4 is 5.32 Å². The van der Waals surface area contributed by atoms with Gasteiger partial charge in [0, 0.05) is 36.4 Å². The van der Waals surface area contributed by atoms with E-state index in [1.165, 1.54) is 49.6 Å². The number of carbonyl (C=O) groups is 2. The van der Waals surface area contributed by atoms with Crippen molar-refractivity contribution in [1.82, 2.24) is 9.29 Å². The highest BCUT2D eigenvalue weighted by atomic mass is 32.2. The Balaban J connectivity index is 1.38. The summed E-state index contributed by atoms with van der Waals surface area (Å²) in [6, 6.07) is 11.2. The summed E-state index contributed by atoms with van der Waals surface area (Å²) in [5, 5.41) is 3.63. The minimum Gasteiger partial charge on any atom is -0.452 e. The van der Waals surface area contributed by atoms with Crippen molar-refractivity contribution in [2.45, 2.75) is 31.1 Å². The highest BCUT2D eigenvalue weighted by Crippen LogP contribution is 2.32. The zero-order chi connectivity index (χ0) is 23.8. The second-order valence-electron chi connectivity index (χ2n) is 8.63. The number of aromatic amines is 1. The average molecular weight is 470 g/mol. The molecular weight excluding hydrogens is 442 g/mol. The molecule has 1 heterocycles. The molecule has 9 heteroatoms. The Kier molecular flexibility index (Phi) is 6.27. The van der Waals surface area contributed by atoms with Gasteiger partial charge in [0.2, 0.25) is 10.0 Å². The lowest BCUT2D eigenvalue weighted by atomic mass is 9.87. The van der Waals surface area contributed by atoms with Gasteiger partial charge in [-0.1, -0.05) is 6.92 Å². The number of esters is 1. The Hall–Kier alpha value is -3.17. The third-order valence-corrected chi connectivity index (χ3v) is 7.75. The number of amides is 1. The van der Waals surface area contributed by atoms with E-state index in [-0.39, 0.29) is 4.90 Å². The molecule has 1 amide bonds. The first-order valence-corrected chi connectivity index (χ1v) is 12.2. The number of anilines is 1. The van der Waals surface area contributed by atoms with E-state index >= 15 is 0 Å². The third kappa shape index (κ3) is 4.79. The number of nitrogens with one attached hydrogen (secondary N) is 2. The van der Waals surface area contributed by atoms with Crippen LogP contribution in [0.1, 0.15) is 35.0 Å². The molecule has 1 unspecified atom stereocenters. The number of rotatable bonds is 6. The molecule has 1 aromatic heterocycles. The van der Waals surface area contributed by atoms with Crippen LogP contribution in [0.4, 0.5) is 5.69 Å². The minimum atomic E-state index is -3.55. The molecule has 2 N–H and O–H groups in total. The van der Waals surface area contributed by atoms with Crippen molar-refractivity contribution in [3.8, 4) is 0 Å². The largest absolute Gasteiger partial charge is 0.452 e. The Morgan fingerprint density at radius 3 is 2.58 bits per heavy atom. The Morgan fingerprint density at radius 1 is 1.15 bits per heavy atom. The van der Waals surface area contributed by atoms with E-state index in [1.807, 2.05) is 12.1 Å². The lowest BCUT2D eigenvalue weighted by Crippen LogP contribution is -2.22. The van der Waals surface area contributed by atoms with Gasteiger partial charge in [-0.25, -0.2) is 17.5 Å². The number of hydrogen-bond donors (Lipinski definition) is 2. The second kappa shape index (κ2) is 8.99. The standard InChI is InChI=1S/C24H27N3O5S/c1-15-4-10-21-19(12-15)20-13-16(5-11-22(20)26-21)24(29)32-14-23(28)25-17-6-8-18(9-7-17)33(30,31)27(2)3/h5-9,11,13,15,26H,4,10,12,14H2,1-3H3,(H,25,28). The summed E-state index contributed by atoms with van der Waals surface area (Å²) in [7, 11) is -0.652. The van der Waals surface area contributed by atoms with E-state index in [4.69, 9.17) is 4.74 Å². The summed E-state index contributed by atoms with van der Waals surface area (Å²) >= 11 is 0. The molecule has 0 fully saturated rings. The van der Waals surface area contributed by atoms with Gasteiger partial charge in [-0.3, -0.25) is 4.79 Å². The Labute approximate surface area is 193 Å². The van der Waals surface area contributed by atoms with Crippen LogP contribution in [0.15, 0.2) is 47.4 Å². The van der Waals surface area contributed by atoms with E-state index < -0.39 is 28.5 Å². The zero-order valence-electron chi connectivity index (χ0n) is 18.8. The molecule has 0 saturated heterocycles. The molecule has 0 spiro atoms. The van der Waals surface area contributed by atoms with E-state index in [1.54, 1.807) is 6.07 Å². The molecule has 0 radical (unpaired) electrons. The van der Waals surface area contributed by atoms with Gasteiger partial charge >= 0.3 is 5.97 Å². The second-order valence-corrected chi connectivity index (χ2v) is 10.8. The maximum absolute atomic E-state index is 12.5. The SMILES string of the molecule is CC1CCc2[nH]c3ccc(C(=O)OCC(=O)Nc4ccc(S(=O)(=O)N(C)C)cc4)cc3c2C1. The number of carbonyl (C=O) groups excluding carboxylic acids is 2. The van der Waals surface area contributed by atoms with Crippen LogP contribution in [-0.2, 0) is 32.4 Å². The lowest BCUT2D eigenvalue weighted by molar-refractivity contribution is -0.119. The number of fused-ring (bicyclic) bond motifs is 3. The van der Waals surface area contributed by atoms with Crippen LogP contribution in [0, 0.1) is 5.92 Å². The normalized spacial score (nSPS) is 15.9. The highest BCUT2D eigenvalue weighted by Gasteiger charge is 2.21. The fourth-order valence-corrected chi connectivity index (χ4v) is 4.95. The molecule has 174 valence electrons. The van der Waals surface area contributed by atoms with Crippen molar-refractivity contribution >= 4 is 38.5 Å². The maximum atomic E-state index is 12.5. The first-order valence-electron chi connectivity index (χ1n) is 10.8. The lowest BCUT2D eigenvalue weighted by Gasteiger charge is -2.18. The third-order valence-electron chi connectivity index (χ3n) is 5.92. The number of aromatic nitrogens is 1. The number of sulfonamides is 1. The van der Waals surface area contributed by atoms with Gasteiger partial charge < -0.3 is 15.0 Å². The Morgan fingerprint density at radius 2 is 1.88 bits per heavy atom. The summed E-state index contributed by atoms with van der Waals surface area (Å²) in [6.07, 6.45) is 3.14. The van der Waals surface area contributed by atoms with Crippen LogP contribution in [-0.4, -0.2) is 50.3 Å². The maximum Gasteiger partial charge on any atom is 0.338 e. The molecular formula is C24H27N3O5S. The first kappa shape index (κ1) is 23.0. The molecule has 33 heavy (non-hydrogen) atoms. The number of benzene rings is 2. The smallest absolute Gasteiger partial charge is 0.338 e. The quantitative estimate of drug-likeness (QED) is 0.538. The van der Waals surface area contributed by atoms with Crippen molar-refractivity contribution < 1.29 is 22.7 Å². The van der Waals surface area contributed by atoms with E-state index in [0.29, 0.717) is 17.2 Å². The predicted molar refractivity (Wildman–Crippen MR) is 126 cm³/mol. The number of aryl methyl sites for hydroxylation is 1. The molecule has 0 aliphatic heterocycles. The van der Waals surface area contributed by atoms with E-state index in [9.17, 15) is 18.0 Å². The molecule has 4 rings (SSSR count). The summed E-state index contributed by atoms with van der Waals surface area (Å²) in [4.78, 5) is 28.3. The van der Waals surface area contributed by atoms with Crippen LogP contribution in [0.25, 0.3) is 10.9 Å². The van der Waals surface area contributed by atoms with Crippen molar-refractivity contribution in [3.05, 3.63) is 59.3 Å². The topological polar surface area (TPSA) is 109 Å². The zero-order valence-corrected chi connectivity index (χ0v) is 19.7. The van der Waals surface area contributed by atoms with Gasteiger partial charge in [0.05, 0.1) is 10.5 Å². The molecule has 2 aromatic carbocycles. The summed E-state index contributed by atoms with van der Waals surface area (Å²) in [5.74, 6) is -0.480. The molecule has 0 bridgehead atoms. The number of hydrogen-bond acceptors (Lipinski definition) is 5. The van der Waals surface area contributed by atoms with Crippen LogP contribution in [0.2, 0.25) is 0 Å². The van der Waals surface area contributed by atoms with E-state index in [0.717, 1.165) is 34.5 Å². The van der Waals surface area contributed by atoms with Crippen molar-refractivity contribution in [2.75, 3.05) is 26.0 Å². The first-order chi connectivity index (χ1) is 15.6. The number of H-pyrrole nitrogens is 1. The molecule has 1 atom stereocenters.